The molecule has 3 nitrogen and oxygen atoms in total. The molecule has 1 aliphatic rings. The second kappa shape index (κ2) is 8.54. The molecular formula is C24H19ClF4N2O. The lowest BCUT2D eigenvalue weighted by atomic mass is 9.79. The summed E-state index contributed by atoms with van der Waals surface area (Å²) >= 11 is 5.99. The number of hydrogen-bond acceptors (Lipinski definition) is 2. The molecule has 1 heterocycles. The molecule has 32 heavy (non-hydrogen) atoms. The van der Waals surface area contributed by atoms with Crippen molar-refractivity contribution in [3.63, 3.8) is 0 Å². The molecule has 1 aromatic heterocycles. The number of rotatable bonds is 6. The summed E-state index contributed by atoms with van der Waals surface area (Å²) in [6.45, 7) is 0. The highest BCUT2D eigenvalue weighted by Crippen LogP contribution is 2.39. The van der Waals surface area contributed by atoms with Gasteiger partial charge in [0, 0.05) is 18.5 Å². The summed E-state index contributed by atoms with van der Waals surface area (Å²) in [6.07, 6.45) is -1.95. The zero-order chi connectivity index (χ0) is 22.9. The van der Waals surface area contributed by atoms with E-state index in [4.69, 9.17) is 11.6 Å². The lowest BCUT2D eigenvalue weighted by molar-refractivity contribution is -0.137. The number of carbonyl (C=O) groups is 1. The Hall–Kier alpha value is -2.93. The van der Waals surface area contributed by atoms with Gasteiger partial charge in [0.05, 0.1) is 16.3 Å². The number of hydrogen-bond donors (Lipinski definition) is 1. The SMILES string of the molecule is O=C(NC(Cc1ccccc1)(c1cc(F)cc(C(F)(F)F)c1)c1ccc(Cl)cn1)C1CC1. The van der Waals surface area contributed by atoms with Crippen LogP contribution < -0.4 is 5.32 Å². The largest absolute Gasteiger partial charge is 0.416 e. The molecule has 2 aromatic carbocycles. The van der Waals surface area contributed by atoms with Crippen LogP contribution in [0, 0.1) is 11.7 Å². The number of halogens is 5. The summed E-state index contributed by atoms with van der Waals surface area (Å²) in [5.41, 5.74) is -1.72. The molecule has 0 saturated heterocycles. The first-order chi connectivity index (χ1) is 15.2. The van der Waals surface area contributed by atoms with E-state index < -0.39 is 23.1 Å². The molecule has 1 N–H and O–H groups in total. The number of benzene rings is 2. The van der Waals surface area contributed by atoms with Crippen LogP contribution in [-0.4, -0.2) is 10.9 Å². The number of carbonyl (C=O) groups excluding carboxylic acids is 1. The topological polar surface area (TPSA) is 42.0 Å². The second-order valence-corrected chi connectivity index (χ2v) is 8.36. The Morgan fingerprint density at radius 1 is 1.03 bits per heavy atom. The van der Waals surface area contributed by atoms with E-state index in [-0.39, 0.29) is 29.5 Å². The maximum atomic E-state index is 14.5. The van der Waals surface area contributed by atoms with Crippen LogP contribution in [-0.2, 0) is 22.9 Å². The van der Waals surface area contributed by atoms with E-state index in [1.165, 1.54) is 18.3 Å². The average molecular weight is 463 g/mol. The Bertz CT molecular complexity index is 1120. The first kappa shape index (κ1) is 22.3. The van der Waals surface area contributed by atoms with Crippen LogP contribution in [0.3, 0.4) is 0 Å². The molecule has 3 aromatic rings. The van der Waals surface area contributed by atoms with Crippen LogP contribution in [0.5, 0.6) is 0 Å². The Morgan fingerprint density at radius 3 is 2.31 bits per heavy atom. The minimum absolute atomic E-state index is 0.0440. The molecule has 8 heteroatoms. The lowest BCUT2D eigenvalue weighted by Crippen LogP contribution is -2.50. The molecule has 1 aliphatic carbocycles. The minimum Gasteiger partial charge on any atom is -0.340 e. The van der Waals surface area contributed by atoms with Crippen LogP contribution in [0.2, 0.25) is 5.02 Å². The van der Waals surface area contributed by atoms with Gasteiger partial charge in [-0.05, 0) is 54.3 Å². The van der Waals surface area contributed by atoms with E-state index in [1.54, 1.807) is 30.3 Å². The summed E-state index contributed by atoms with van der Waals surface area (Å²) in [4.78, 5) is 17.2. The fourth-order valence-corrected chi connectivity index (χ4v) is 3.82. The normalized spacial score (nSPS) is 15.8. The monoisotopic (exact) mass is 462 g/mol. The zero-order valence-corrected chi connectivity index (χ0v) is 17.6. The first-order valence-corrected chi connectivity index (χ1v) is 10.4. The number of alkyl halides is 3. The van der Waals surface area contributed by atoms with Gasteiger partial charge in [0.25, 0.3) is 0 Å². The molecule has 1 unspecified atom stereocenters. The Kier molecular flexibility index (Phi) is 5.95. The van der Waals surface area contributed by atoms with Gasteiger partial charge in [-0.15, -0.1) is 0 Å². The van der Waals surface area contributed by atoms with Crippen molar-refractivity contribution >= 4 is 17.5 Å². The summed E-state index contributed by atoms with van der Waals surface area (Å²) in [6, 6.07) is 14.4. The van der Waals surface area contributed by atoms with Gasteiger partial charge in [0.2, 0.25) is 5.91 Å². The number of nitrogens with zero attached hydrogens (tertiary/aromatic N) is 1. The van der Waals surface area contributed by atoms with Crippen LogP contribution in [0.15, 0.2) is 66.9 Å². The molecule has 1 atom stereocenters. The quantitative estimate of drug-likeness (QED) is 0.463. The first-order valence-electron chi connectivity index (χ1n) is 10.0. The molecule has 166 valence electrons. The zero-order valence-electron chi connectivity index (χ0n) is 16.8. The van der Waals surface area contributed by atoms with Crippen molar-refractivity contribution in [3.05, 3.63) is 100 Å². The highest BCUT2D eigenvalue weighted by molar-refractivity contribution is 6.30. The van der Waals surface area contributed by atoms with Crippen molar-refractivity contribution in [3.8, 4) is 0 Å². The van der Waals surface area contributed by atoms with Gasteiger partial charge >= 0.3 is 6.18 Å². The summed E-state index contributed by atoms with van der Waals surface area (Å²) in [5.74, 6) is -1.59. The van der Waals surface area contributed by atoms with Gasteiger partial charge in [-0.3, -0.25) is 9.78 Å². The van der Waals surface area contributed by atoms with Crippen molar-refractivity contribution in [2.24, 2.45) is 5.92 Å². The van der Waals surface area contributed by atoms with Crippen LogP contribution >= 0.6 is 11.6 Å². The second-order valence-electron chi connectivity index (χ2n) is 7.92. The third-order valence-electron chi connectivity index (χ3n) is 5.48. The summed E-state index contributed by atoms with van der Waals surface area (Å²) in [5, 5.41) is 3.25. The molecule has 1 saturated carbocycles. The minimum atomic E-state index is -4.76. The lowest BCUT2D eigenvalue weighted by Gasteiger charge is -2.36. The van der Waals surface area contributed by atoms with Crippen molar-refractivity contribution in [2.75, 3.05) is 0 Å². The van der Waals surface area contributed by atoms with Gasteiger partial charge in [-0.2, -0.15) is 13.2 Å². The van der Waals surface area contributed by atoms with E-state index in [1.807, 2.05) is 0 Å². The maximum Gasteiger partial charge on any atom is 0.416 e. The van der Waals surface area contributed by atoms with E-state index in [0.717, 1.165) is 17.7 Å². The molecule has 1 amide bonds. The highest BCUT2D eigenvalue weighted by Gasteiger charge is 2.43. The number of aromatic nitrogens is 1. The number of nitrogens with one attached hydrogen (secondary N) is 1. The van der Waals surface area contributed by atoms with Crippen molar-refractivity contribution in [1.29, 1.82) is 0 Å². The van der Waals surface area contributed by atoms with Crippen LogP contribution in [0.1, 0.15) is 35.2 Å². The highest BCUT2D eigenvalue weighted by atomic mass is 35.5. The molecule has 0 aliphatic heterocycles. The fourth-order valence-electron chi connectivity index (χ4n) is 3.71. The van der Waals surface area contributed by atoms with Crippen molar-refractivity contribution < 1.29 is 22.4 Å². The number of pyridine rings is 1. The van der Waals surface area contributed by atoms with Crippen molar-refractivity contribution in [1.82, 2.24) is 10.3 Å². The average Bonchev–Trinajstić information content (AvgIpc) is 3.59. The van der Waals surface area contributed by atoms with Gasteiger partial charge in [-0.25, -0.2) is 4.39 Å². The van der Waals surface area contributed by atoms with Gasteiger partial charge < -0.3 is 5.32 Å². The molecular weight excluding hydrogens is 444 g/mol. The number of amides is 1. The molecule has 1 fully saturated rings. The van der Waals surface area contributed by atoms with Gasteiger partial charge in [-0.1, -0.05) is 41.9 Å². The van der Waals surface area contributed by atoms with E-state index in [9.17, 15) is 22.4 Å². The van der Waals surface area contributed by atoms with Crippen LogP contribution in [0.25, 0.3) is 0 Å². The third-order valence-corrected chi connectivity index (χ3v) is 5.70. The Labute approximate surface area is 187 Å². The van der Waals surface area contributed by atoms with E-state index in [2.05, 4.69) is 10.3 Å². The molecule has 0 radical (unpaired) electrons. The fraction of sp³-hybridized carbons (Fsp3) is 0.250. The third kappa shape index (κ3) is 4.78. The van der Waals surface area contributed by atoms with Crippen molar-refractivity contribution in [2.45, 2.75) is 31.0 Å². The summed E-state index contributed by atoms with van der Waals surface area (Å²) < 4.78 is 55.1. The van der Waals surface area contributed by atoms with E-state index >= 15 is 0 Å². The smallest absolute Gasteiger partial charge is 0.340 e. The summed E-state index contributed by atoms with van der Waals surface area (Å²) in [7, 11) is 0. The molecule has 4 rings (SSSR count). The predicted octanol–water partition coefficient (Wildman–Crippen LogP) is 5.91. The maximum absolute atomic E-state index is 14.5. The molecule has 0 bridgehead atoms. The van der Waals surface area contributed by atoms with Gasteiger partial charge in [0.15, 0.2) is 0 Å². The van der Waals surface area contributed by atoms with Crippen LogP contribution in [0.4, 0.5) is 17.6 Å². The molecule has 0 spiro atoms. The Morgan fingerprint density at radius 2 is 1.72 bits per heavy atom. The predicted molar refractivity (Wildman–Crippen MR) is 112 cm³/mol. The Balaban J connectivity index is 1.95. The standard InChI is InChI=1S/C24H19ClF4N2O/c25-19-8-9-21(30-14-19)23(31-22(32)16-6-7-16,13-15-4-2-1-3-5-15)17-10-18(24(27,28)29)12-20(26)11-17/h1-5,8-12,14,16H,6-7,13H2,(H,31,32). The van der Waals surface area contributed by atoms with E-state index in [0.29, 0.717) is 23.9 Å². The van der Waals surface area contributed by atoms with Gasteiger partial charge in [0.1, 0.15) is 11.4 Å².